The summed E-state index contributed by atoms with van der Waals surface area (Å²) in [5.74, 6) is 12.2. The highest BCUT2D eigenvalue weighted by atomic mass is 16.5. The SMILES string of the molecule is COc1ccc(C#Cc2ccc(C#Cc3ccc(C(=O)O)cc3)cc2)cc1. The first kappa shape index (κ1) is 17.9. The molecule has 3 aromatic carbocycles. The van der Waals surface area contributed by atoms with Gasteiger partial charge in [-0.15, -0.1) is 0 Å². The fraction of sp³-hybridized carbons (Fsp3) is 0.0417. The molecule has 27 heavy (non-hydrogen) atoms. The van der Waals surface area contributed by atoms with Gasteiger partial charge in [-0.3, -0.25) is 0 Å². The maximum Gasteiger partial charge on any atom is 0.335 e. The Balaban J connectivity index is 1.69. The van der Waals surface area contributed by atoms with Crippen LogP contribution in [0.3, 0.4) is 0 Å². The number of ether oxygens (including phenoxy) is 1. The van der Waals surface area contributed by atoms with Crippen molar-refractivity contribution >= 4 is 5.97 Å². The third kappa shape index (κ3) is 5.01. The molecule has 0 aromatic heterocycles. The number of carbonyl (C=O) groups is 1. The Morgan fingerprint density at radius 3 is 1.33 bits per heavy atom. The van der Waals surface area contributed by atoms with E-state index in [0.717, 1.165) is 28.0 Å². The van der Waals surface area contributed by atoms with E-state index in [9.17, 15) is 4.79 Å². The number of carboxylic acids is 1. The summed E-state index contributed by atoms with van der Waals surface area (Å²) in [5.41, 5.74) is 3.71. The molecule has 0 aliphatic carbocycles. The molecule has 0 spiro atoms. The standard InChI is InChI=1S/C24H16O3/c1-27-23-16-12-21(13-17-23)9-7-19-4-2-18(3-5-19)6-8-20-10-14-22(15-11-20)24(25)26/h2-5,10-17H,1H3,(H,25,26). The van der Waals surface area contributed by atoms with Gasteiger partial charge in [-0.1, -0.05) is 23.7 Å². The van der Waals surface area contributed by atoms with Crippen LogP contribution in [-0.4, -0.2) is 18.2 Å². The quantitative estimate of drug-likeness (QED) is 0.704. The zero-order valence-electron chi connectivity index (χ0n) is 14.7. The zero-order chi connectivity index (χ0) is 19.1. The second kappa shape index (κ2) is 8.43. The van der Waals surface area contributed by atoms with E-state index >= 15 is 0 Å². The van der Waals surface area contributed by atoms with Gasteiger partial charge in [0.2, 0.25) is 0 Å². The number of rotatable bonds is 2. The van der Waals surface area contributed by atoms with Gasteiger partial charge in [0, 0.05) is 22.3 Å². The Hall–Kier alpha value is -3.95. The van der Waals surface area contributed by atoms with E-state index in [1.807, 2.05) is 48.5 Å². The van der Waals surface area contributed by atoms with E-state index in [1.54, 1.807) is 31.4 Å². The summed E-state index contributed by atoms with van der Waals surface area (Å²) < 4.78 is 5.13. The maximum atomic E-state index is 10.8. The minimum Gasteiger partial charge on any atom is -0.497 e. The van der Waals surface area contributed by atoms with Crippen molar-refractivity contribution in [3.05, 3.63) is 101 Å². The summed E-state index contributed by atoms with van der Waals surface area (Å²) in [4.78, 5) is 10.8. The summed E-state index contributed by atoms with van der Waals surface area (Å²) in [6.07, 6.45) is 0. The first-order chi connectivity index (χ1) is 13.1. The van der Waals surface area contributed by atoms with Crippen molar-refractivity contribution in [2.24, 2.45) is 0 Å². The van der Waals surface area contributed by atoms with Gasteiger partial charge < -0.3 is 9.84 Å². The summed E-state index contributed by atoms with van der Waals surface area (Å²) in [6, 6.07) is 21.8. The van der Waals surface area contributed by atoms with Crippen molar-refractivity contribution in [1.82, 2.24) is 0 Å². The molecule has 0 fully saturated rings. The number of hydrogen-bond acceptors (Lipinski definition) is 2. The van der Waals surface area contributed by atoms with Gasteiger partial charge in [0.15, 0.2) is 0 Å². The molecule has 0 heterocycles. The van der Waals surface area contributed by atoms with Crippen LogP contribution in [0.2, 0.25) is 0 Å². The summed E-state index contributed by atoms with van der Waals surface area (Å²) in [5, 5.41) is 8.90. The molecule has 0 amide bonds. The fourth-order valence-electron chi connectivity index (χ4n) is 2.30. The number of carboxylic acid groups (broad SMARTS) is 1. The molecule has 0 bridgehead atoms. The molecule has 0 aliphatic heterocycles. The average molecular weight is 352 g/mol. The fourth-order valence-corrected chi connectivity index (χ4v) is 2.30. The lowest BCUT2D eigenvalue weighted by Crippen LogP contribution is -1.94. The van der Waals surface area contributed by atoms with Crippen molar-refractivity contribution in [1.29, 1.82) is 0 Å². The van der Waals surface area contributed by atoms with Crippen LogP contribution in [0, 0.1) is 23.7 Å². The topological polar surface area (TPSA) is 46.5 Å². The van der Waals surface area contributed by atoms with Crippen molar-refractivity contribution in [3.8, 4) is 29.4 Å². The minimum atomic E-state index is -0.944. The van der Waals surface area contributed by atoms with E-state index in [0.29, 0.717) is 0 Å². The molecule has 0 atom stereocenters. The molecule has 0 radical (unpaired) electrons. The van der Waals surface area contributed by atoms with Crippen LogP contribution in [-0.2, 0) is 0 Å². The lowest BCUT2D eigenvalue weighted by atomic mass is 10.1. The van der Waals surface area contributed by atoms with E-state index in [4.69, 9.17) is 9.84 Å². The van der Waals surface area contributed by atoms with Gasteiger partial charge in [-0.25, -0.2) is 4.79 Å². The Labute approximate surface area is 158 Å². The van der Waals surface area contributed by atoms with Gasteiger partial charge in [0.1, 0.15) is 5.75 Å². The Bertz CT molecular complexity index is 1050. The molecule has 3 aromatic rings. The summed E-state index contributed by atoms with van der Waals surface area (Å²) in [6.45, 7) is 0. The number of aromatic carboxylic acids is 1. The Morgan fingerprint density at radius 1 is 0.667 bits per heavy atom. The van der Waals surface area contributed by atoms with Gasteiger partial charge >= 0.3 is 5.97 Å². The van der Waals surface area contributed by atoms with Crippen LogP contribution < -0.4 is 4.74 Å². The monoisotopic (exact) mass is 352 g/mol. The van der Waals surface area contributed by atoms with E-state index in [-0.39, 0.29) is 5.56 Å². The van der Waals surface area contributed by atoms with Crippen LogP contribution in [0.4, 0.5) is 0 Å². The first-order valence-corrected chi connectivity index (χ1v) is 8.25. The molecular formula is C24H16O3. The van der Waals surface area contributed by atoms with Crippen LogP contribution in [0.15, 0.2) is 72.8 Å². The lowest BCUT2D eigenvalue weighted by Gasteiger charge is -1.97. The van der Waals surface area contributed by atoms with Crippen LogP contribution in [0.1, 0.15) is 32.6 Å². The zero-order valence-corrected chi connectivity index (χ0v) is 14.7. The molecule has 0 saturated heterocycles. The van der Waals surface area contributed by atoms with Crippen molar-refractivity contribution in [2.75, 3.05) is 7.11 Å². The molecule has 3 heteroatoms. The van der Waals surface area contributed by atoms with Crippen LogP contribution in [0.5, 0.6) is 5.75 Å². The van der Waals surface area contributed by atoms with Gasteiger partial charge in [0.05, 0.1) is 12.7 Å². The van der Waals surface area contributed by atoms with E-state index in [2.05, 4.69) is 23.7 Å². The summed E-state index contributed by atoms with van der Waals surface area (Å²) >= 11 is 0. The normalized spacial score (nSPS) is 9.37. The van der Waals surface area contributed by atoms with E-state index in [1.165, 1.54) is 0 Å². The van der Waals surface area contributed by atoms with Gasteiger partial charge in [0.25, 0.3) is 0 Å². The van der Waals surface area contributed by atoms with Crippen LogP contribution in [0.25, 0.3) is 0 Å². The van der Waals surface area contributed by atoms with Crippen LogP contribution >= 0.6 is 0 Å². The molecule has 0 aliphatic rings. The summed E-state index contributed by atoms with van der Waals surface area (Å²) in [7, 11) is 1.64. The van der Waals surface area contributed by atoms with E-state index < -0.39 is 5.97 Å². The molecule has 130 valence electrons. The highest BCUT2D eigenvalue weighted by molar-refractivity contribution is 5.87. The predicted octanol–water partition coefficient (Wildman–Crippen LogP) is 4.19. The second-order valence-electron chi connectivity index (χ2n) is 5.69. The highest BCUT2D eigenvalue weighted by Crippen LogP contribution is 2.11. The highest BCUT2D eigenvalue weighted by Gasteiger charge is 2.00. The lowest BCUT2D eigenvalue weighted by molar-refractivity contribution is 0.0697. The largest absolute Gasteiger partial charge is 0.497 e. The molecule has 1 N–H and O–H groups in total. The average Bonchev–Trinajstić information content (AvgIpc) is 2.72. The molecule has 0 saturated carbocycles. The maximum absolute atomic E-state index is 10.8. The molecule has 3 nitrogen and oxygen atoms in total. The molecular weight excluding hydrogens is 336 g/mol. The smallest absolute Gasteiger partial charge is 0.335 e. The number of hydrogen-bond donors (Lipinski definition) is 1. The van der Waals surface area contributed by atoms with Crippen molar-refractivity contribution in [2.45, 2.75) is 0 Å². The third-order valence-corrected chi connectivity index (χ3v) is 3.81. The number of methoxy groups -OCH3 is 1. The minimum absolute atomic E-state index is 0.250. The van der Waals surface area contributed by atoms with Gasteiger partial charge in [-0.2, -0.15) is 0 Å². The van der Waals surface area contributed by atoms with Gasteiger partial charge in [-0.05, 0) is 72.8 Å². The Kier molecular flexibility index (Phi) is 5.57. The molecule has 3 rings (SSSR count). The molecule has 0 unspecified atom stereocenters. The first-order valence-electron chi connectivity index (χ1n) is 8.25. The third-order valence-electron chi connectivity index (χ3n) is 3.81. The van der Waals surface area contributed by atoms with Crippen molar-refractivity contribution in [3.63, 3.8) is 0 Å². The predicted molar refractivity (Wildman–Crippen MR) is 105 cm³/mol. The van der Waals surface area contributed by atoms with Crippen molar-refractivity contribution < 1.29 is 14.6 Å². The Morgan fingerprint density at radius 2 is 1.00 bits per heavy atom. The number of benzene rings is 3. The second-order valence-corrected chi connectivity index (χ2v) is 5.69.